The second-order valence-corrected chi connectivity index (χ2v) is 9.68. The first-order valence-electron chi connectivity index (χ1n) is 10.1. The van der Waals surface area contributed by atoms with Gasteiger partial charge in [0.15, 0.2) is 5.76 Å². The molecule has 3 unspecified atom stereocenters. The molecule has 1 aromatic carbocycles. The first kappa shape index (κ1) is 16.9. The van der Waals surface area contributed by atoms with Crippen LogP contribution in [0.1, 0.15) is 50.6 Å². The second kappa shape index (κ2) is 6.72. The Labute approximate surface area is 160 Å². The van der Waals surface area contributed by atoms with Crippen LogP contribution in [0, 0.1) is 17.8 Å². The molecule has 0 aliphatic heterocycles. The quantitative estimate of drug-likeness (QED) is 0.706. The number of nitrogens with one attached hydrogen (secondary N) is 1. The number of aromatic nitrogens is 1. The second-order valence-electron chi connectivity index (χ2n) is 8.80. The van der Waals surface area contributed by atoms with Crippen LogP contribution in [0.15, 0.2) is 39.8 Å². The van der Waals surface area contributed by atoms with Gasteiger partial charge >= 0.3 is 0 Å². The van der Waals surface area contributed by atoms with E-state index in [0.29, 0.717) is 5.54 Å². The molecule has 4 heteroatoms. The fourth-order valence-electron chi connectivity index (χ4n) is 5.97. The normalized spacial score (nSPS) is 32.7. The summed E-state index contributed by atoms with van der Waals surface area (Å²) in [5.74, 6) is 3.75. The summed E-state index contributed by atoms with van der Waals surface area (Å²) in [5.41, 5.74) is 2.50. The van der Waals surface area contributed by atoms with Crippen LogP contribution in [0.25, 0.3) is 11.3 Å². The van der Waals surface area contributed by atoms with Gasteiger partial charge in [-0.25, -0.2) is 0 Å². The molecule has 1 heterocycles. The molecule has 6 rings (SSSR count). The highest BCUT2D eigenvalue weighted by Crippen LogP contribution is 2.53. The fraction of sp³-hybridized carbons (Fsp3) is 0.591. The van der Waals surface area contributed by atoms with Crippen molar-refractivity contribution in [3.05, 3.63) is 36.0 Å². The SMILES string of the molecule is CSc1ccc(-c2cc(CNC34CC5CC[C@H](CC(C5)C3)C4)no2)cc1. The number of hydrogen-bond donors (Lipinski definition) is 1. The molecular weight excluding hydrogens is 340 g/mol. The smallest absolute Gasteiger partial charge is 0.167 e. The molecular formula is C22H28N2OS. The van der Waals surface area contributed by atoms with E-state index in [4.69, 9.17) is 4.52 Å². The van der Waals surface area contributed by atoms with Crippen LogP contribution in [-0.2, 0) is 6.54 Å². The van der Waals surface area contributed by atoms with Crippen LogP contribution in [0.5, 0.6) is 0 Å². The van der Waals surface area contributed by atoms with Crippen LogP contribution in [0.2, 0.25) is 0 Å². The van der Waals surface area contributed by atoms with E-state index in [0.717, 1.165) is 41.3 Å². The molecule has 2 aromatic rings. The molecule has 4 saturated carbocycles. The Balaban J connectivity index is 1.28. The molecule has 4 atom stereocenters. The first-order valence-corrected chi connectivity index (χ1v) is 11.3. The minimum atomic E-state index is 0.367. The largest absolute Gasteiger partial charge is 0.356 e. The third-order valence-corrected chi connectivity index (χ3v) is 7.68. The Morgan fingerprint density at radius 2 is 1.77 bits per heavy atom. The number of hydrogen-bond acceptors (Lipinski definition) is 4. The summed E-state index contributed by atoms with van der Waals surface area (Å²) in [7, 11) is 0. The predicted molar refractivity (Wildman–Crippen MR) is 106 cm³/mol. The average Bonchev–Trinajstić information content (AvgIpc) is 3.03. The summed E-state index contributed by atoms with van der Waals surface area (Å²) >= 11 is 1.76. The van der Waals surface area contributed by atoms with Crippen molar-refractivity contribution >= 4 is 11.8 Å². The van der Waals surface area contributed by atoms with Crippen molar-refractivity contribution in [3.63, 3.8) is 0 Å². The summed E-state index contributed by atoms with van der Waals surface area (Å²) < 4.78 is 5.62. The molecule has 26 heavy (non-hydrogen) atoms. The van der Waals surface area contributed by atoms with Crippen LogP contribution < -0.4 is 5.32 Å². The van der Waals surface area contributed by atoms with Gasteiger partial charge in [0.1, 0.15) is 0 Å². The van der Waals surface area contributed by atoms with Gasteiger partial charge in [-0.2, -0.15) is 0 Å². The zero-order chi connectivity index (χ0) is 17.6. The summed E-state index contributed by atoms with van der Waals surface area (Å²) in [6, 6.07) is 10.6. The lowest BCUT2D eigenvalue weighted by molar-refractivity contribution is 0.0714. The minimum absolute atomic E-state index is 0.367. The van der Waals surface area contributed by atoms with Crippen molar-refractivity contribution < 1.29 is 4.52 Å². The lowest BCUT2D eigenvalue weighted by atomic mass is 9.63. The van der Waals surface area contributed by atoms with Gasteiger partial charge in [-0.1, -0.05) is 30.1 Å². The highest BCUT2D eigenvalue weighted by atomic mass is 32.2. The van der Waals surface area contributed by atoms with E-state index in [2.05, 4.69) is 47.1 Å². The maximum Gasteiger partial charge on any atom is 0.167 e. The summed E-state index contributed by atoms with van der Waals surface area (Å²) in [5, 5.41) is 8.27. The monoisotopic (exact) mass is 368 g/mol. The van der Waals surface area contributed by atoms with Crippen LogP contribution in [0.3, 0.4) is 0 Å². The molecule has 0 radical (unpaired) electrons. The Kier molecular flexibility index (Phi) is 4.36. The third kappa shape index (κ3) is 3.22. The Hall–Kier alpha value is -1.26. The van der Waals surface area contributed by atoms with Gasteiger partial charge in [-0.15, -0.1) is 11.8 Å². The van der Waals surface area contributed by atoms with Crippen molar-refractivity contribution in [1.82, 2.24) is 10.5 Å². The fourth-order valence-corrected chi connectivity index (χ4v) is 6.38. The topological polar surface area (TPSA) is 38.1 Å². The van der Waals surface area contributed by atoms with Crippen molar-refractivity contribution in [2.24, 2.45) is 17.8 Å². The predicted octanol–water partition coefficient (Wildman–Crippen LogP) is 5.51. The Bertz CT molecular complexity index is 753. The summed E-state index contributed by atoms with van der Waals surface area (Å²) in [6.45, 7) is 0.832. The van der Waals surface area contributed by atoms with Crippen molar-refractivity contribution in [3.8, 4) is 11.3 Å². The highest BCUT2D eigenvalue weighted by Gasteiger charge is 2.48. The van der Waals surface area contributed by atoms with Gasteiger partial charge in [-0.3, -0.25) is 0 Å². The van der Waals surface area contributed by atoms with Crippen molar-refractivity contribution in [2.75, 3.05) is 6.26 Å². The van der Waals surface area contributed by atoms with E-state index in [-0.39, 0.29) is 0 Å². The molecule has 4 bridgehead atoms. The highest BCUT2D eigenvalue weighted by molar-refractivity contribution is 7.98. The number of rotatable bonds is 5. The Morgan fingerprint density at radius 1 is 1.08 bits per heavy atom. The van der Waals surface area contributed by atoms with Crippen LogP contribution >= 0.6 is 11.8 Å². The standard InChI is InChI=1S/C22H28N2OS/c1-26-20-6-4-18(5-7-20)21-10-19(24-25-21)14-23-22-11-15-2-3-16(12-22)9-17(8-15)13-22/h4-7,10,15-17,23H,2-3,8-9,11-14H2,1H3/t15-,16?,17?,22?/m1/s1. The summed E-state index contributed by atoms with van der Waals surface area (Å²) in [6.07, 6.45) is 12.1. The molecule has 0 saturated heterocycles. The van der Waals surface area contributed by atoms with E-state index >= 15 is 0 Å². The number of fused-ring (bicyclic) bond motifs is 1. The van der Waals surface area contributed by atoms with E-state index in [1.54, 1.807) is 11.8 Å². The molecule has 1 N–H and O–H groups in total. The molecule has 1 aromatic heterocycles. The van der Waals surface area contributed by atoms with E-state index < -0.39 is 0 Å². The third-order valence-electron chi connectivity index (χ3n) is 6.93. The minimum Gasteiger partial charge on any atom is -0.356 e. The molecule has 0 amide bonds. The molecule has 4 fully saturated rings. The van der Waals surface area contributed by atoms with Gasteiger partial charge < -0.3 is 9.84 Å². The molecule has 138 valence electrons. The van der Waals surface area contributed by atoms with Gasteiger partial charge in [-0.05, 0) is 68.2 Å². The van der Waals surface area contributed by atoms with E-state index in [1.165, 1.54) is 49.8 Å². The van der Waals surface area contributed by atoms with Gasteiger partial charge in [0.2, 0.25) is 0 Å². The molecule has 4 aliphatic carbocycles. The van der Waals surface area contributed by atoms with E-state index in [9.17, 15) is 0 Å². The number of thioether (sulfide) groups is 1. The van der Waals surface area contributed by atoms with Gasteiger partial charge in [0, 0.05) is 28.6 Å². The lowest BCUT2D eigenvalue weighted by Gasteiger charge is -2.49. The maximum absolute atomic E-state index is 5.62. The zero-order valence-corrected chi connectivity index (χ0v) is 16.4. The van der Waals surface area contributed by atoms with Crippen LogP contribution in [-0.4, -0.2) is 17.0 Å². The van der Waals surface area contributed by atoms with Gasteiger partial charge in [0.05, 0.1) is 5.69 Å². The van der Waals surface area contributed by atoms with E-state index in [1.807, 2.05) is 0 Å². The van der Waals surface area contributed by atoms with Crippen molar-refractivity contribution in [2.45, 2.75) is 61.9 Å². The van der Waals surface area contributed by atoms with Crippen molar-refractivity contribution in [1.29, 1.82) is 0 Å². The van der Waals surface area contributed by atoms with Crippen LogP contribution in [0.4, 0.5) is 0 Å². The molecule has 4 aliphatic rings. The maximum atomic E-state index is 5.62. The average molecular weight is 369 g/mol. The zero-order valence-electron chi connectivity index (χ0n) is 15.5. The lowest BCUT2D eigenvalue weighted by Crippen LogP contribution is -2.53. The Morgan fingerprint density at radius 3 is 2.46 bits per heavy atom. The summed E-state index contributed by atoms with van der Waals surface area (Å²) in [4.78, 5) is 1.27. The first-order chi connectivity index (χ1) is 12.7. The van der Waals surface area contributed by atoms with Gasteiger partial charge in [0.25, 0.3) is 0 Å². The number of benzene rings is 1. The molecule has 3 nitrogen and oxygen atoms in total. The molecule has 0 spiro atoms. The number of nitrogens with zero attached hydrogens (tertiary/aromatic N) is 1.